The van der Waals surface area contributed by atoms with Crippen LogP contribution in [0.25, 0.3) is 0 Å². The van der Waals surface area contributed by atoms with E-state index in [0.717, 1.165) is 32.5 Å². The number of nitrogens with zero attached hydrogens (tertiary/aromatic N) is 2. The summed E-state index contributed by atoms with van der Waals surface area (Å²) in [6.07, 6.45) is 2.47. The van der Waals surface area contributed by atoms with E-state index in [0.29, 0.717) is 12.3 Å². The zero-order valence-electron chi connectivity index (χ0n) is 11.6. The van der Waals surface area contributed by atoms with E-state index in [1.807, 2.05) is 0 Å². The molecule has 100 valence electrons. The minimum absolute atomic E-state index is 0.0324. The van der Waals surface area contributed by atoms with Gasteiger partial charge in [0.2, 0.25) is 0 Å². The molecule has 0 aromatic rings. The van der Waals surface area contributed by atoms with Crippen molar-refractivity contribution in [2.24, 2.45) is 5.92 Å². The van der Waals surface area contributed by atoms with Crippen molar-refractivity contribution < 1.29 is 9.90 Å². The lowest BCUT2D eigenvalue weighted by atomic mass is 9.86. The van der Waals surface area contributed by atoms with Gasteiger partial charge in [0.25, 0.3) is 0 Å². The number of rotatable bonds is 6. The topological polar surface area (TPSA) is 43.8 Å². The lowest BCUT2D eigenvalue weighted by Gasteiger charge is -2.36. The van der Waals surface area contributed by atoms with Crippen molar-refractivity contribution in [3.8, 4) is 0 Å². The second-order valence-corrected chi connectivity index (χ2v) is 5.88. The van der Waals surface area contributed by atoms with Gasteiger partial charge in [0.15, 0.2) is 0 Å². The standard InChI is InChI=1S/C13H26N2O2/c1-13(2)11(10-12(16)17)6-9-15(13)8-5-7-14(3)4/h11H,5-10H2,1-4H3,(H,16,17). The highest BCUT2D eigenvalue weighted by atomic mass is 16.4. The first-order valence-electron chi connectivity index (χ1n) is 6.45. The minimum Gasteiger partial charge on any atom is -0.481 e. The molecule has 0 radical (unpaired) electrons. The second-order valence-electron chi connectivity index (χ2n) is 5.88. The van der Waals surface area contributed by atoms with Crippen LogP contribution >= 0.6 is 0 Å². The van der Waals surface area contributed by atoms with Crippen LogP contribution in [0.15, 0.2) is 0 Å². The number of carboxylic acids is 1. The quantitative estimate of drug-likeness (QED) is 0.767. The maximum absolute atomic E-state index is 10.8. The lowest BCUT2D eigenvalue weighted by Crippen LogP contribution is -2.44. The van der Waals surface area contributed by atoms with Gasteiger partial charge in [-0.1, -0.05) is 0 Å². The maximum Gasteiger partial charge on any atom is 0.303 e. The third-order valence-corrected chi connectivity index (χ3v) is 4.02. The van der Waals surface area contributed by atoms with Gasteiger partial charge in [0.05, 0.1) is 0 Å². The Morgan fingerprint density at radius 1 is 1.47 bits per heavy atom. The van der Waals surface area contributed by atoms with Gasteiger partial charge in [-0.05, 0) is 66.3 Å². The predicted molar refractivity (Wildman–Crippen MR) is 69.2 cm³/mol. The summed E-state index contributed by atoms with van der Waals surface area (Å²) in [5.74, 6) is -0.377. The number of hydrogen-bond acceptors (Lipinski definition) is 3. The molecule has 17 heavy (non-hydrogen) atoms. The Morgan fingerprint density at radius 2 is 2.12 bits per heavy atom. The molecule has 1 aliphatic rings. The Hall–Kier alpha value is -0.610. The van der Waals surface area contributed by atoms with E-state index < -0.39 is 5.97 Å². The molecule has 0 aromatic heterocycles. The average molecular weight is 242 g/mol. The van der Waals surface area contributed by atoms with Crippen LogP contribution in [0.2, 0.25) is 0 Å². The van der Waals surface area contributed by atoms with Gasteiger partial charge in [-0.2, -0.15) is 0 Å². The molecule has 0 saturated carbocycles. The molecule has 0 amide bonds. The molecule has 4 heteroatoms. The lowest BCUT2D eigenvalue weighted by molar-refractivity contribution is -0.138. The van der Waals surface area contributed by atoms with E-state index in [9.17, 15) is 4.79 Å². The molecule has 1 N–H and O–H groups in total. The fraction of sp³-hybridized carbons (Fsp3) is 0.923. The Morgan fingerprint density at radius 3 is 2.65 bits per heavy atom. The molecule has 1 saturated heterocycles. The summed E-state index contributed by atoms with van der Waals surface area (Å²) in [5.41, 5.74) is 0.0324. The third-order valence-electron chi connectivity index (χ3n) is 4.02. The van der Waals surface area contributed by atoms with Gasteiger partial charge in [0, 0.05) is 12.0 Å². The van der Waals surface area contributed by atoms with Gasteiger partial charge in [0.1, 0.15) is 0 Å². The number of hydrogen-bond donors (Lipinski definition) is 1. The summed E-state index contributed by atoms with van der Waals surface area (Å²) in [6.45, 7) is 7.57. The Kier molecular flexibility index (Phi) is 4.95. The van der Waals surface area contributed by atoms with Gasteiger partial charge in [-0.3, -0.25) is 9.69 Å². The summed E-state index contributed by atoms with van der Waals surface area (Å²) in [6, 6.07) is 0. The van der Waals surface area contributed by atoms with Crippen molar-refractivity contribution in [3.63, 3.8) is 0 Å². The summed E-state index contributed by atoms with van der Waals surface area (Å²) in [5, 5.41) is 8.92. The van der Waals surface area contributed by atoms with Crippen LogP contribution in [-0.2, 0) is 4.79 Å². The first-order valence-corrected chi connectivity index (χ1v) is 6.45. The largest absolute Gasteiger partial charge is 0.481 e. The van der Waals surface area contributed by atoms with Crippen LogP contribution in [0.1, 0.15) is 33.1 Å². The van der Waals surface area contributed by atoms with Crippen molar-refractivity contribution in [1.29, 1.82) is 0 Å². The van der Waals surface area contributed by atoms with Gasteiger partial charge in [-0.15, -0.1) is 0 Å². The van der Waals surface area contributed by atoms with Gasteiger partial charge < -0.3 is 10.0 Å². The van der Waals surface area contributed by atoms with Crippen molar-refractivity contribution in [3.05, 3.63) is 0 Å². The molecule has 1 rings (SSSR count). The van der Waals surface area contributed by atoms with Gasteiger partial charge >= 0.3 is 5.97 Å². The Bertz CT molecular complexity index is 264. The van der Waals surface area contributed by atoms with E-state index >= 15 is 0 Å². The van der Waals surface area contributed by atoms with Crippen LogP contribution in [0, 0.1) is 5.92 Å². The van der Waals surface area contributed by atoms with E-state index in [-0.39, 0.29) is 5.54 Å². The third kappa shape index (κ3) is 3.96. The number of carboxylic acid groups (broad SMARTS) is 1. The zero-order valence-corrected chi connectivity index (χ0v) is 11.6. The van der Waals surface area contributed by atoms with Gasteiger partial charge in [-0.25, -0.2) is 0 Å². The molecule has 1 unspecified atom stereocenters. The summed E-state index contributed by atoms with van der Waals surface area (Å²) >= 11 is 0. The molecular weight excluding hydrogens is 216 g/mol. The van der Waals surface area contributed by atoms with Crippen LogP contribution in [0.3, 0.4) is 0 Å². The van der Waals surface area contributed by atoms with Crippen LogP contribution in [-0.4, -0.2) is 60.1 Å². The zero-order chi connectivity index (χ0) is 13.1. The minimum atomic E-state index is -0.668. The first-order chi connectivity index (χ1) is 7.84. The Balaban J connectivity index is 2.45. The SMILES string of the molecule is CN(C)CCCN1CCC(CC(=O)O)C1(C)C. The summed E-state index contributed by atoms with van der Waals surface area (Å²) in [4.78, 5) is 15.5. The van der Waals surface area contributed by atoms with Crippen molar-refractivity contribution in [2.45, 2.75) is 38.6 Å². The highest BCUT2D eigenvalue weighted by molar-refractivity contribution is 5.67. The van der Waals surface area contributed by atoms with Crippen LogP contribution in [0.5, 0.6) is 0 Å². The second kappa shape index (κ2) is 5.83. The van der Waals surface area contributed by atoms with E-state index in [4.69, 9.17) is 5.11 Å². The molecule has 4 nitrogen and oxygen atoms in total. The van der Waals surface area contributed by atoms with Crippen molar-refractivity contribution in [2.75, 3.05) is 33.7 Å². The van der Waals surface area contributed by atoms with Crippen LogP contribution in [0.4, 0.5) is 0 Å². The van der Waals surface area contributed by atoms with Crippen molar-refractivity contribution >= 4 is 5.97 Å². The first kappa shape index (κ1) is 14.5. The molecule has 1 fully saturated rings. The smallest absolute Gasteiger partial charge is 0.303 e. The predicted octanol–water partition coefficient (Wildman–Crippen LogP) is 1.51. The number of carbonyl (C=O) groups is 1. The van der Waals surface area contributed by atoms with Crippen molar-refractivity contribution in [1.82, 2.24) is 9.80 Å². The molecule has 0 bridgehead atoms. The normalized spacial score (nSPS) is 24.4. The van der Waals surface area contributed by atoms with E-state index in [2.05, 4.69) is 37.7 Å². The fourth-order valence-corrected chi connectivity index (χ4v) is 2.75. The summed E-state index contributed by atoms with van der Waals surface area (Å²) < 4.78 is 0. The molecule has 1 aliphatic heterocycles. The van der Waals surface area contributed by atoms with E-state index in [1.165, 1.54) is 0 Å². The molecule has 1 heterocycles. The van der Waals surface area contributed by atoms with E-state index in [1.54, 1.807) is 0 Å². The molecule has 0 aromatic carbocycles. The number of likely N-dealkylation sites (tertiary alicyclic amines) is 1. The summed E-state index contributed by atoms with van der Waals surface area (Å²) in [7, 11) is 4.17. The highest BCUT2D eigenvalue weighted by Gasteiger charge is 2.41. The number of aliphatic carboxylic acids is 1. The molecular formula is C13H26N2O2. The monoisotopic (exact) mass is 242 g/mol. The fourth-order valence-electron chi connectivity index (χ4n) is 2.75. The molecule has 0 aliphatic carbocycles. The highest BCUT2D eigenvalue weighted by Crippen LogP contribution is 2.36. The average Bonchev–Trinajstić information content (AvgIpc) is 2.43. The maximum atomic E-state index is 10.8. The molecule has 1 atom stereocenters. The van der Waals surface area contributed by atoms with Crippen LogP contribution < -0.4 is 0 Å². The Labute approximate surface area is 105 Å². The molecule has 0 spiro atoms.